The first kappa shape index (κ1) is 15.1. The zero-order valence-corrected chi connectivity index (χ0v) is 11.4. The predicted octanol–water partition coefficient (Wildman–Crippen LogP) is -1.40. The Hall–Kier alpha value is -2.32. The van der Waals surface area contributed by atoms with E-state index in [4.69, 9.17) is 14.8 Å². The summed E-state index contributed by atoms with van der Waals surface area (Å²) in [6.07, 6.45) is 1.47. The highest BCUT2D eigenvalue weighted by molar-refractivity contribution is 6.58. The van der Waals surface area contributed by atoms with Crippen LogP contribution in [0.15, 0.2) is 40.1 Å². The highest BCUT2D eigenvalue weighted by atomic mass is 16.5. The molecule has 0 spiro atoms. The average molecular weight is 290 g/mol. The van der Waals surface area contributed by atoms with Gasteiger partial charge in [0, 0.05) is 11.8 Å². The number of aromatic nitrogens is 2. The number of aryl methyl sites for hydroxylation is 1. The monoisotopic (exact) mass is 290 g/mol. The van der Waals surface area contributed by atoms with E-state index in [0.717, 1.165) is 0 Å². The van der Waals surface area contributed by atoms with Gasteiger partial charge in [-0.25, -0.2) is 4.79 Å². The molecule has 3 N–H and O–H groups in total. The summed E-state index contributed by atoms with van der Waals surface area (Å²) in [5.74, 6) is 0.467. The van der Waals surface area contributed by atoms with Gasteiger partial charge in [0.05, 0.1) is 6.54 Å². The first-order valence-corrected chi connectivity index (χ1v) is 6.36. The summed E-state index contributed by atoms with van der Waals surface area (Å²) in [6, 6.07) is 6.38. The number of hydrogen-bond donors (Lipinski definition) is 3. The van der Waals surface area contributed by atoms with Crippen molar-refractivity contribution >= 4 is 12.6 Å². The molecule has 0 unspecified atom stereocenters. The Kier molecular flexibility index (Phi) is 4.61. The lowest BCUT2D eigenvalue weighted by Gasteiger charge is -2.09. The number of hydrogen-bond acceptors (Lipinski definition) is 5. The molecule has 1 aromatic carbocycles. The van der Waals surface area contributed by atoms with Crippen LogP contribution in [0.4, 0.5) is 0 Å². The molecule has 0 aliphatic rings. The van der Waals surface area contributed by atoms with Crippen molar-refractivity contribution in [3.63, 3.8) is 0 Å². The molecule has 0 radical (unpaired) electrons. The van der Waals surface area contributed by atoms with Gasteiger partial charge in [0.1, 0.15) is 12.4 Å². The Labute approximate surface area is 120 Å². The van der Waals surface area contributed by atoms with Crippen molar-refractivity contribution in [2.24, 2.45) is 0 Å². The van der Waals surface area contributed by atoms with Gasteiger partial charge in [-0.05, 0) is 24.5 Å². The summed E-state index contributed by atoms with van der Waals surface area (Å²) in [4.78, 5) is 25.0. The van der Waals surface area contributed by atoms with Crippen molar-refractivity contribution in [2.45, 2.75) is 13.5 Å². The number of aromatic amines is 1. The zero-order valence-electron chi connectivity index (χ0n) is 11.4. The van der Waals surface area contributed by atoms with E-state index in [0.29, 0.717) is 16.8 Å². The van der Waals surface area contributed by atoms with Crippen LogP contribution in [0.3, 0.4) is 0 Å². The molecule has 7 nitrogen and oxygen atoms in total. The molecule has 0 fully saturated rings. The van der Waals surface area contributed by atoms with Crippen molar-refractivity contribution in [1.29, 1.82) is 0 Å². The number of nitrogens with zero attached hydrogens (tertiary/aromatic N) is 1. The number of rotatable bonds is 5. The predicted molar refractivity (Wildman–Crippen MR) is 77.8 cm³/mol. The van der Waals surface area contributed by atoms with E-state index < -0.39 is 18.4 Å². The van der Waals surface area contributed by atoms with Crippen LogP contribution >= 0.6 is 0 Å². The SMILES string of the molecule is Cc1cn(CCOc2cccc(B(O)O)c2)c(=O)[nH]c1=O. The normalized spacial score (nSPS) is 10.4. The Bertz CT molecular complexity index is 738. The van der Waals surface area contributed by atoms with E-state index in [-0.39, 0.29) is 13.2 Å². The molecule has 0 atom stereocenters. The molecule has 2 rings (SSSR count). The fourth-order valence-electron chi connectivity index (χ4n) is 1.81. The first-order chi connectivity index (χ1) is 9.97. The minimum absolute atomic E-state index is 0.205. The first-order valence-electron chi connectivity index (χ1n) is 6.36. The molecule has 8 heteroatoms. The summed E-state index contributed by atoms with van der Waals surface area (Å²) in [5, 5.41) is 18.1. The molecule has 0 aliphatic carbocycles. The van der Waals surface area contributed by atoms with Crippen LogP contribution in [0.2, 0.25) is 0 Å². The molecule has 1 aromatic heterocycles. The van der Waals surface area contributed by atoms with Crippen LogP contribution in [-0.2, 0) is 6.54 Å². The van der Waals surface area contributed by atoms with Gasteiger partial charge in [0.25, 0.3) is 5.56 Å². The molecule has 1 heterocycles. The molecule has 0 bridgehead atoms. The van der Waals surface area contributed by atoms with Crippen molar-refractivity contribution in [3.8, 4) is 5.75 Å². The molecule has 2 aromatic rings. The molecule has 0 aliphatic heterocycles. The Morgan fingerprint density at radius 2 is 2.10 bits per heavy atom. The van der Waals surface area contributed by atoms with Crippen LogP contribution in [0, 0.1) is 6.92 Å². The lowest BCUT2D eigenvalue weighted by atomic mass is 9.80. The van der Waals surface area contributed by atoms with E-state index in [1.165, 1.54) is 16.8 Å². The van der Waals surface area contributed by atoms with Gasteiger partial charge in [-0.2, -0.15) is 0 Å². The smallest absolute Gasteiger partial charge is 0.488 e. The summed E-state index contributed by atoms with van der Waals surface area (Å²) >= 11 is 0. The minimum Gasteiger partial charge on any atom is -0.492 e. The molecule has 0 saturated carbocycles. The number of nitrogens with one attached hydrogen (secondary N) is 1. The molecule has 0 amide bonds. The van der Waals surface area contributed by atoms with Crippen LogP contribution in [0.5, 0.6) is 5.75 Å². The topological polar surface area (TPSA) is 105 Å². The zero-order chi connectivity index (χ0) is 15.4. The molecule has 0 saturated heterocycles. The lowest BCUT2D eigenvalue weighted by molar-refractivity contribution is 0.295. The van der Waals surface area contributed by atoms with Gasteiger partial charge in [0.2, 0.25) is 0 Å². The maximum absolute atomic E-state index is 11.6. The largest absolute Gasteiger partial charge is 0.492 e. The van der Waals surface area contributed by atoms with Crippen molar-refractivity contribution in [3.05, 3.63) is 56.9 Å². The summed E-state index contributed by atoms with van der Waals surface area (Å²) in [6.45, 7) is 2.08. The standard InChI is InChI=1S/C13H15BN2O5/c1-9-8-16(13(18)15-12(9)17)5-6-21-11-4-2-3-10(7-11)14(19)20/h2-4,7-8,19-20H,5-6H2,1H3,(H,15,17,18). The Balaban J connectivity index is 2.02. The Morgan fingerprint density at radius 3 is 2.81 bits per heavy atom. The maximum atomic E-state index is 11.6. The molecule has 110 valence electrons. The van der Waals surface area contributed by atoms with E-state index >= 15 is 0 Å². The fourth-order valence-corrected chi connectivity index (χ4v) is 1.81. The van der Waals surface area contributed by atoms with E-state index in [1.54, 1.807) is 25.1 Å². The lowest BCUT2D eigenvalue weighted by Crippen LogP contribution is -2.32. The molecule has 21 heavy (non-hydrogen) atoms. The number of benzene rings is 1. The van der Waals surface area contributed by atoms with Gasteiger partial charge in [-0.3, -0.25) is 14.3 Å². The van der Waals surface area contributed by atoms with Gasteiger partial charge in [0.15, 0.2) is 0 Å². The van der Waals surface area contributed by atoms with Gasteiger partial charge in [-0.1, -0.05) is 12.1 Å². The Morgan fingerprint density at radius 1 is 1.33 bits per heavy atom. The number of ether oxygens (including phenoxy) is 1. The van der Waals surface area contributed by atoms with Crippen LogP contribution in [0.25, 0.3) is 0 Å². The third kappa shape index (κ3) is 3.83. The highest BCUT2D eigenvalue weighted by Crippen LogP contribution is 2.07. The maximum Gasteiger partial charge on any atom is 0.488 e. The second-order valence-corrected chi connectivity index (χ2v) is 4.56. The van der Waals surface area contributed by atoms with Crippen molar-refractivity contribution < 1.29 is 14.8 Å². The summed E-state index contributed by atoms with van der Waals surface area (Å²) < 4.78 is 6.80. The summed E-state index contributed by atoms with van der Waals surface area (Å²) in [5.41, 5.74) is -0.125. The van der Waals surface area contributed by atoms with Gasteiger partial charge < -0.3 is 14.8 Å². The van der Waals surface area contributed by atoms with Crippen LogP contribution < -0.4 is 21.4 Å². The van der Waals surface area contributed by atoms with Crippen molar-refractivity contribution in [2.75, 3.05) is 6.61 Å². The van der Waals surface area contributed by atoms with Gasteiger partial charge >= 0.3 is 12.8 Å². The second-order valence-electron chi connectivity index (χ2n) is 4.56. The average Bonchev–Trinajstić information content (AvgIpc) is 2.44. The van der Waals surface area contributed by atoms with Gasteiger partial charge in [-0.15, -0.1) is 0 Å². The third-order valence-electron chi connectivity index (χ3n) is 2.95. The fraction of sp³-hybridized carbons (Fsp3) is 0.231. The van der Waals surface area contributed by atoms with Crippen molar-refractivity contribution in [1.82, 2.24) is 9.55 Å². The van der Waals surface area contributed by atoms with Crippen LogP contribution in [0.1, 0.15) is 5.56 Å². The summed E-state index contributed by atoms with van der Waals surface area (Å²) in [7, 11) is -1.56. The number of H-pyrrole nitrogens is 1. The highest BCUT2D eigenvalue weighted by Gasteiger charge is 2.11. The van der Waals surface area contributed by atoms with E-state index in [1.807, 2.05) is 0 Å². The van der Waals surface area contributed by atoms with E-state index in [9.17, 15) is 9.59 Å². The minimum atomic E-state index is -1.56. The molecular formula is C13H15BN2O5. The van der Waals surface area contributed by atoms with E-state index in [2.05, 4.69) is 4.98 Å². The molecular weight excluding hydrogens is 275 g/mol. The second kappa shape index (κ2) is 6.42. The quantitative estimate of drug-likeness (QED) is 0.588. The third-order valence-corrected chi connectivity index (χ3v) is 2.95. The van der Waals surface area contributed by atoms with Crippen LogP contribution in [-0.4, -0.2) is 33.3 Å².